The van der Waals surface area contributed by atoms with Crippen LogP contribution in [0.4, 0.5) is 20.4 Å². The fraction of sp³-hybridized carbons (Fsp3) is 0.360. The number of carbonyl (C=O) groups is 1. The maximum atomic E-state index is 14.0. The first-order chi connectivity index (χ1) is 16.4. The molecule has 1 unspecified atom stereocenters. The molecule has 7 nitrogen and oxygen atoms in total. The van der Waals surface area contributed by atoms with Crippen molar-refractivity contribution in [3.63, 3.8) is 0 Å². The van der Waals surface area contributed by atoms with Crippen LogP contribution in [-0.2, 0) is 9.47 Å². The van der Waals surface area contributed by atoms with E-state index in [1.807, 2.05) is 9.80 Å². The van der Waals surface area contributed by atoms with E-state index in [0.29, 0.717) is 62.0 Å². The van der Waals surface area contributed by atoms with Gasteiger partial charge in [-0.15, -0.1) is 0 Å². The number of hydrogen-bond acceptors (Lipinski definition) is 7. The molecule has 2 fully saturated rings. The molecule has 1 atom stereocenters. The Balaban J connectivity index is 1.69. The van der Waals surface area contributed by atoms with Gasteiger partial charge >= 0.3 is 5.97 Å². The van der Waals surface area contributed by atoms with Crippen molar-refractivity contribution in [2.24, 2.45) is 0 Å². The molecule has 0 aliphatic carbocycles. The molecule has 2 saturated heterocycles. The molecular formula is C25H24F2N2O5. The van der Waals surface area contributed by atoms with Gasteiger partial charge in [-0.1, -0.05) is 0 Å². The largest absolute Gasteiger partial charge is 0.465 e. The first-order valence-electron chi connectivity index (χ1n) is 11.2. The minimum absolute atomic E-state index is 0.216. The number of fused-ring (bicyclic) bond motifs is 1. The molecule has 0 radical (unpaired) electrons. The average molecular weight is 470 g/mol. The molecule has 0 spiro atoms. The van der Waals surface area contributed by atoms with Crippen LogP contribution in [0.25, 0.3) is 11.0 Å². The van der Waals surface area contributed by atoms with E-state index in [1.54, 1.807) is 6.07 Å². The number of hydrogen-bond donors (Lipinski definition) is 0. The summed E-state index contributed by atoms with van der Waals surface area (Å²) in [5.41, 5.74) is 1.29. The lowest BCUT2D eigenvalue weighted by Crippen LogP contribution is -2.36. The molecule has 0 amide bonds. The first-order valence-corrected chi connectivity index (χ1v) is 11.2. The van der Waals surface area contributed by atoms with Crippen molar-refractivity contribution >= 4 is 28.5 Å². The number of anilines is 2. The van der Waals surface area contributed by atoms with Crippen LogP contribution in [-0.4, -0.2) is 45.9 Å². The normalized spacial score (nSPS) is 18.5. The summed E-state index contributed by atoms with van der Waals surface area (Å²) in [4.78, 5) is 29.4. The Kier molecular flexibility index (Phi) is 5.95. The van der Waals surface area contributed by atoms with Gasteiger partial charge in [0, 0.05) is 43.0 Å². The number of halogens is 2. The maximum Gasteiger partial charge on any atom is 0.337 e. The summed E-state index contributed by atoms with van der Waals surface area (Å²) in [6.45, 7) is 2.78. The molecule has 2 aliphatic heterocycles. The molecule has 34 heavy (non-hydrogen) atoms. The highest BCUT2D eigenvalue weighted by molar-refractivity contribution is 5.95. The van der Waals surface area contributed by atoms with Crippen LogP contribution in [0.2, 0.25) is 0 Å². The Morgan fingerprint density at radius 1 is 1.03 bits per heavy atom. The van der Waals surface area contributed by atoms with Crippen molar-refractivity contribution in [1.82, 2.24) is 0 Å². The van der Waals surface area contributed by atoms with Crippen molar-refractivity contribution in [3.8, 4) is 0 Å². The highest BCUT2D eigenvalue weighted by atomic mass is 19.1. The Morgan fingerprint density at radius 2 is 1.76 bits per heavy atom. The topological polar surface area (TPSA) is 72.2 Å². The summed E-state index contributed by atoms with van der Waals surface area (Å²) in [7, 11) is 1.27. The maximum absolute atomic E-state index is 14.0. The second-order valence-corrected chi connectivity index (χ2v) is 8.46. The Bertz CT molecular complexity index is 1280. The van der Waals surface area contributed by atoms with Gasteiger partial charge in [-0.2, -0.15) is 0 Å². The summed E-state index contributed by atoms with van der Waals surface area (Å²) in [5.74, 6) is -1.50. The van der Waals surface area contributed by atoms with Gasteiger partial charge in [0.25, 0.3) is 0 Å². The number of carbonyl (C=O) groups excluding carboxylic acids is 1. The number of rotatable bonds is 4. The van der Waals surface area contributed by atoms with Crippen molar-refractivity contribution in [2.75, 3.05) is 49.8 Å². The number of methoxy groups -OCH3 is 1. The second-order valence-electron chi connectivity index (χ2n) is 8.46. The van der Waals surface area contributed by atoms with Gasteiger partial charge < -0.3 is 23.7 Å². The van der Waals surface area contributed by atoms with E-state index >= 15 is 0 Å². The molecule has 3 heterocycles. The standard InChI is InChI=1S/C25H24F2N2O5/c1-32-25(31)15-9-19(21-3-2-4-29(21)18-12-16(26)11-17(27)13-18)24-20(10-15)22(30)14-23(34-24)28-5-7-33-8-6-28/h9-14,21H,2-8H2,1H3. The summed E-state index contributed by atoms with van der Waals surface area (Å²) in [5, 5.41) is 0.257. The third-order valence-electron chi connectivity index (χ3n) is 6.38. The van der Waals surface area contributed by atoms with E-state index in [2.05, 4.69) is 0 Å². The van der Waals surface area contributed by atoms with Crippen molar-refractivity contribution in [1.29, 1.82) is 0 Å². The lowest BCUT2D eigenvalue weighted by atomic mass is 9.98. The highest BCUT2D eigenvalue weighted by Gasteiger charge is 2.31. The van der Waals surface area contributed by atoms with Gasteiger partial charge in [-0.05, 0) is 37.1 Å². The molecular weight excluding hydrogens is 446 g/mol. The zero-order valence-electron chi connectivity index (χ0n) is 18.7. The van der Waals surface area contributed by atoms with Crippen molar-refractivity contribution in [2.45, 2.75) is 18.9 Å². The molecule has 1 aromatic heterocycles. The first kappa shape index (κ1) is 22.3. The van der Waals surface area contributed by atoms with Crippen LogP contribution in [0.1, 0.15) is 34.8 Å². The molecule has 0 bridgehead atoms. The smallest absolute Gasteiger partial charge is 0.337 e. The summed E-state index contributed by atoms with van der Waals surface area (Å²) >= 11 is 0. The van der Waals surface area contributed by atoms with Gasteiger partial charge in [-0.25, -0.2) is 13.6 Å². The predicted molar refractivity (Wildman–Crippen MR) is 123 cm³/mol. The van der Waals surface area contributed by atoms with Crippen LogP contribution in [0.3, 0.4) is 0 Å². The Morgan fingerprint density at radius 3 is 2.47 bits per heavy atom. The SMILES string of the molecule is COC(=O)c1cc(C2CCCN2c2cc(F)cc(F)c2)c2oc(N3CCOCC3)cc(=O)c2c1. The fourth-order valence-corrected chi connectivity index (χ4v) is 4.80. The van der Waals surface area contributed by atoms with Crippen LogP contribution < -0.4 is 15.2 Å². The minimum Gasteiger partial charge on any atom is -0.465 e. The van der Waals surface area contributed by atoms with E-state index in [0.717, 1.165) is 12.5 Å². The van der Waals surface area contributed by atoms with Crippen LogP contribution in [0, 0.1) is 11.6 Å². The minimum atomic E-state index is -0.671. The van der Waals surface area contributed by atoms with Gasteiger partial charge in [0.15, 0.2) is 11.3 Å². The third kappa shape index (κ3) is 4.11. The molecule has 2 aliphatic rings. The van der Waals surface area contributed by atoms with E-state index in [-0.39, 0.29) is 22.4 Å². The molecule has 178 valence electrons. The quantitative estimate of drug-likeness (QED) is 0.533. The molecule has 0 N–H and O–H groups in total. The monoisotopic (exact) mass is 470 g/mol. The van der Waals surface area contributed by atoms with E-state index in [4.69, 9.17) is 13.9 Å². The number of ether oxygens (including phenoxy) is 2. The van der Waals surface area contributed by atoms with Gasteiger partial charge in [0.05, 0.1) is 37.3 Å². The van der Waals surface area contributed by atoms with Crippen LogP contribution >= 0.6 is 0 Å². The van der Waals surface area contributed by atoms with Crippen LogP contribution in [0.5, 0.6) is 0 Å². The number of nitrogens with zero attached hydrogens (tertiary/aromatic N) is 2. The highest BCUT2D eigenvalue weighted by Crippen LogP contribution is 2.40. The number of benzene rings is 2. The van der Waals surface area contributed by atoms with E-state index < -0.39 is 17.6 Å². The summed E-state index contributed by atoms with van der Waals surface area (Å²) in [6.07, 6.45) is 1.42. The summed E-state index contributed by atoms with van der Waals surface area (Å²) < 4.78 is 44.5. The van der Waals surface area contributed by atoms with E-state index in [9.17, 15) is 18.4 Å². The van der Waals surface area contributed by atoms with Gasteiger partial charge in [0.2, 0.25) is 0 Å². The Labute approximate surface area is 194 Å². The van der Waals surface area contributed by atoms with Crippen molar-refractivity contribution in [3.05, 3.63) is 69.4 Å². The average Bonchev–Trinajstić information content (AvgIpc) is 3.33. The molecule has 2 aromatic carbocycles. The lowest BCUT2D eigenvalue weighted by Gasteiger charge is -2.29. The zero-order chi connectivity index (χ0) is 23.8. The third-order valence-corrected chi connectivity index (χ3v) is 6.38. The number of morpholine rings is 1. The predicted octanol–water partition coefficient (Wildman–Crippen LogP) is 4.04. The molecule has 9 heteroatoms. The number of esters is 1. The zero-order valence-corrected chi connectivity index (χ0v) is 18.7. The molecule has 3 aromatic rings. The van der Waals surface area contributed by atoms with E-state index in [1.165, 1.54) is 31.4 Å². The van der Waals surface area contributed by atoms with Crippen molar-refractivity contribution < 1.29 is 27.5 Å². The van der Waals surface area contributed by atoms with Gasteiger partial charge in [-0.3, -0.25) is 4.79 Å². The summed E-state index contributed by atoms with van der Waals surface area (Å²) in [6, 6.07) is 7.59. The van der Waals surface area contributed by atoms with Gasteiger partial charge in [0.1, 0.15) is 17.2 Å². The fourth-order valence-electron chi connectivity index (χ4n) is 4.80. The Hall–Kier alpha value is -3.46. The van der Waals surface area contributed by atoms with Crippen LogP contribution in [0.15, 0.2) is 45.6 Å². The lowest BCUT2D eigenvalue weighted by molar-refractivity contribution is 0.0600. The molecule has 5 rings (SSSR count). The second kappa shape index (κ2) is 9.06. The molecule has 0 saturated carbocycles.